The van der Waals surface area contributed by atoms with Gasteiger partial charge in [0.15, 0.2) is 0 Å². The molecule has 0 aromatic heterocycles. The third-order valence-corrected chi connectivity index (χ3v) is 4.50. The summed E-state index contributed by atoms with van der Waals surface area (Å²) in [4.78, 5) is 11.6. The molecule has 1 saturated heterocycles. The monoisotopic (exact) mass is 245 g/mol. The van der Waals surface area contributed by atoms with Gasteiger partial charge in [0.1, 0.15) is 6.04 Å². The molecule has 1 heterocycles. The second-order valence-corrected chi connectivity index (χ2v) is 6.22. The first-order chi connectivity index (χ1) is 7.56. The fourth-order valence-electron chi connectivity index (χ4n) is 2.03. The van der Waals surface area contributed by atoms with E-state index in [1.165, 1.54) is 19.3 Å². The minimum absolute atomic E-state index is 0.141. The summed E-state index contributed by atoms with van der Waals surface area (Å²) < 4.78 is 4.84. The summed E-state index contributed by atoms with van der Waals surface area (Å²) in [6.07, 6.45) is 2.40. The van der Waals surface area contributed by atoms with E-state index in [9.17, 15) is 4.79 Å². The van der Waals surface area contributed by atoms with Crippen molar-refractivity contribution in [3.63, 3.8) is 0 Å². The first kappa shape index (κ1) is 13.8. The van der Waals surface area contributed by atoms with Crippen LogP contribution in [-0.4, -0.2) is 36.2 Å². The average Bonchev–Trinajstić information content (AvgIpc) is 2.26. The summed E-state index contributed by atoms with van der Waals surface area (Å²) in [6, 6.07) is 0.265. The maximum absolute atomic E-state index is 11.6. The SMILES string of the molecule is COC(=O)[C@@H](NC1CCCSC1C)C(C)C. The van der Waals surface area contributed by atoms with E-state index in [2.05, 4.69) is 26.1 Å². The highest BCUT2D eigenvalue weighted by Gasteiger charge is 2.29. The first-order valence-corrected chi connectivity index (χ1v) is 7.06. The first-order valence-electron chi connectivity index (χ1n) is 6.01. The molecule has 0 bridgehead atoms. The Morgan fingerprint density at radius 2 is 2.19 bits per heavy atom. The van der Waals surface area contributed by atoms with Crippen LogP contribution in [0.2, 0.25) is 0 Å². The van der Waals surface area contributed by atoms with Crippen molar-refractivity contribution >= 4 is 17.7 Å². The summed E-state index contributed by atoms with van der Waals surface area (Å²) in [5, 5.41) is 4.04. The molecular formula is C12H23NO2S. The second kappa shape index (κ2) is 6.50. The summed E-state index contributed by atoms with van der Waals surface area (Å²) in [5.74, 6) is 1.37. The predicted molar refractivity (Wildman–Crippen MR) is 68.7 cm³/mol. The number of esters is 1. The van der Waals surface area contributed by atoms with Gasteiger partial charge >= 0.3 is 5.97 Å². The minimum Gasteiger partial charge on any atom is -0.468 e. The van der Waals surface area contributed by atoms with Gasteiger partial charge in [-0.25, -0.2) is 0 Å². The average molecular weight is 245 g/mol. The minimum atomic E-state index is -0.170. The molecule has 1 rings (SSSR count). The van der Waals surface area contributed by atoms with Crippen LogP contribution in [0.25, 0.3) is 0 Å². The standard InChI is InChI=1S/C12H23NO2S/c1-8(2)11(12(14)15-4)13-10-6-5-7-16-9(10)3/h8-11,13H,5-7H2,1-4H3/t9?,10?,11-/m0/s1. The Labute approximate surface area is 103 Å². The third kappa shape index (κ3) is 3.67. The van der Waals surface area contributed by atoms with Gasteiger partial charge in [-0.2, -0.15) is 11.8 Å². The summed E-state index contributed by atoms with van der Waals surface area (Å²) in [7, 11) is 1.46. The number of hydrogen-bond acceptors (Lipinski definition) is 4. The van der Waals surface area contributed by atoms with Crippen LogP contribution >= 0.6 is 11.8 Å². The molecule has 4 heteroatoms. The maximum atomic E-state index is 11.6. The van der Waals surface area contributed by atoms with E-state index in [4.69, 9.17) is 4.74 Å². The Morgan fingerprint density at radius 3 is 2.69 bits per heavy atom. The molecule has 1 aliphatic rings. The Bertz CT molecular complexity index is 233. The van der Waals surface area contributed by atoms with Crippen LogP contribution in [0, 0.1) is 5.92 Å². The molecule has 0 aliphatic carbocycles. The van der Waals surface area contributed by atoms with Gasteiger partial charge in [-0.15, -0.1) is 0 Å². The third-order valence-electron chi connectivity index (χ3n) is 3.12. The highest BCUT2D eigenvalue weighted by Crippen LogP contribution is 2.26. The fourth-order valence-corrected chi connectivity index (χ4v) is 3.18. The molecule has 0 radical (unpaired) electrons. The van der Waals surface area contributed by atoms with Crippen LogP contribution in [0.3, 0.4) is 0 Å². The van der Waals surface area contributed by atoms with E-state index in [1.807, 2.05) is 11.8 Å². The molecule has 0 saturated carbocycles. The van der Waals surface area contributed by atoms with Gasteiger partial charge in [0.25, 0.3) is 0 Å². The number of nitrogens with one attached hydrogen (secondary N) is 1. The number of thioether (sulfide) groups is 1. The van der Waals surface area contributed by atoms with E-state index in [-0.39, 0.29) is 17.9 Å². The smallest absolute Gasteiger partial charge is 0.323 e. The van der Waals surface area contributed by atoms with Gasteiger partial charge in [0, 0.05) is 11.3 Å². The van der Waals surface area contributed by atoms with Crippen LogP contribution in [0.5, 0.6) is 0 Å². The van der Waals surface area contributed by atoms with Crippen molar-refractivity contribution in [2.75, 3.05) is 12.9 Å². The topological polar surface area (TPSA) is 38.3 Å². The maximum Gasteiger partial charge on any atom is 0.323 e. The lowest BCUT2D eigenvalue weighted by Crippen LogP contribution is -2.51. The molecule has 2 unspecified atom stereocenters. The Hall–Kier alpha value is -0.220. The van der Waals surface area contributed by atoms with Crippen molar-refractivity contribution in [2.24, 2.45) is 5.92 Å². The zero-order valence-corrected chi connectivity index (χ0v) is 11.5. The summed E-state index contributed by atoms with van der Waals surface area (Å²) in [6.45, 7) is 6.33. The highest BCUT2D eigenvalue weighted by atomic mass is 32.2. The van der Waals surface area contributed by atoms with Gasteiger partial charge in [0.2, 0.25) is 0 Å². The van der Waals surface area contributed by atoms with E-state index in [1.54, 1.807) is 0 Å². The molecule has 0 spiro atoms. The molecule has 3 atom stereocenters. The lowest BCUT2D eigenvalue weighted by molar-refractivity contribution is -0.144. The molecular weight excluding hydrogens is 222 g/mol. The van der Waals surface area contributed by atoms with Gasteiger partial charge in [-0.3, -0.25) is 4.79 Å². The molecule has 0 aromatic carbocycles. The van der Waals surface area contributed by atoms with Crippen molar-refractivity contribution in [3.8, 4) is 0 Å². The number of rotatable bonds is 4. The second-order valence-electron chi connectivity index (χ2n) is 4.74. The molecule has 1 aliphatic heterocycles. The van der Waals surface area contributed by atoms with Gasteiger partial charge in [-0.05, 0) is 24.5 Å². The molecule has 16 heavy (non-hydrogen) atoms. The van der Waals surface area contributed by atoms with Crippen molar-refractivity contribution in [2.45, 2.75) is 50.9 Å². The number of hydrogen-bond donors (Lipinski definition) is 1. The van der Waals surface area contributed by atoms with Gasteiger partial charge < -0.3 is 10.1 Å². The van der Waals surface area contributed by atoms with Crippen LogP contribution in [0.4, 0.5) is 0 Å². The summed E-state index contributed by atoms with van der Waals surface area (Å²) in [5.41, 5.74) is 0. The van der Waals surface area contributed by atoms with Crippen molar-refractivity contribution in [1.82, 2.24) is 5.32 Å². The van der Waals surface area contributed by atoms with Gasteiger partial charge in [0.05, 0.1) is 7.11 Å². The summed E-state index contributed by atoms with van der Waals surface area (Å²) >= 11 is 1.98. The van der Waals surface area contributed by atoms with Crippen LogP contribution in [0.1, 0.15) is 33.6 Å². The molecule has 1 N–H and O–H groups in total. The molecule has 0 amide bonds. The van der Waals surface area contributed by atoms with Crippen molar-refractivity contribution in [1.29, 1.82) is 0 Å². The number of ether oxygens (including phenoxy) is 1. The Kier molecular flexibility index (Phi) is 5.62. The van der Waals surface area contributed by atoms with Crippen molar-refractivity contribution < 1.29 is 9.53 Å². The molecule has 3 nitrogen and oxygen atoms in total. The largest absolute Gasteiger partial charge is 0.468 e. The van der Waals surface area contributed by atoms with E-state index >= 15 is 0 Å². The Morgan fingerprint density at radius 1 is 1.50 bits per heavy atom. The lowest BCUT2D eigenvalue weighted by atomic mass is 10.0. The number of carbonyl (C=O) groups excluding carboxylic acids is 1. The van der Waals surface area contributed by atoms with Gasteiger partial charge in [-0.1, -0.05) is 20.8 Å². The van der Waals surface area contributed by atoms with E-state index in [0.717, 1.165) is 6.42 Å². The fraction of sp³-hybridized carbons (Fsp3) is 0.917. The normalized spacial score (nSPS) is 27.8. The molecule has 1 fully saturated rings. The molecule has 94 valence electrons. The quantitative estimate of drug-likeness (QED) is 0.769. The predicted octanol–water partition coefficient (Wildman–Crippen LogP) is 2.06. The highest BCUT2D eigenvalue weighted by molar-refractivity contribution is 7.99. The zero-order chi connectivity index (χ0) is 12.1. The number of carbonyl (C=O) groups is 1. The van der Waals surface area contributed by atoms with Crippen molar-refractivity contribution in [3.05, 3.63) is 0 Å². The van der Waals surface area contributed by atoms with Crippen LogP contribution in [0.15, 0.2) is 0 Å². The lowest BCUT2D eigenvalue weighted by Gasteiger charge is -2.33. The van der Waals surface area contributed by atoms with Crippen LogP contribution in [-0.2, 0) is 9.53 Å². The Balaban J connectivity index is 2.56. The van der Waals surface area contributed by atoms with E-state index in [0.29, 0.717) is 11.3 Å². The zero-order valence-electron chi connectivity index (χ0n) is 10.7. The molecule has 0 aromatic rings. The van der Waals surface area contributed by atoms with Crippen LogP contribution < -0.4 is 5.32 Å². The van der Waals surface area contributed by atoms with E-state index < -0.39 is 0 Å². The number of methoxy groups -OCH3 is 1.